The number of carbonyl (C=O) groups excluding carboxylic acids is 1. The van der Waals surface area contributed by atoms with Gasteiger partial charge in [0.15, 0.2) is 0 Å². The summed E-state index contributed by atoms with van der Waals surface area (Å²) < 4.78 is 21.2. The van der Waals surface area contributed by atoms with E-state index in [0.717, 1.165) is 18.4 Å². The summed E-state index contributed by atoms with van der Waals surface area (Å²) in [7, 11) is 0. The number of carbonyl (C=O) groups is 1. The van der Waals surface area contributed by atoms with E-state index in [1.165, 1.54) is 0 Å². The molecule has 0 N–H and O–H groups in total. The quantitative estimate of drug-likeness (QED) is 0.767. The molecule has 0 spiro atoms. The molecule has 0 aromatic carbocycles. The van der Waals surface area contributed by atoms with E-state index in [9.17, 15) is 13.6 Å². The Morgan fingerprint density at radius 1 is 1.35 bits per heavy atom. The van der Waals surface area contributed by atoms with E-state index < -0.39 is 16.5 Å². The first-order chi connectivity index (χ1) is 10.8. The molecule has 1 aromatic rings. The first kappa shape index (κ1) is 18.0. The minimum absolute atomic E-state index is 0.165. The van der Waals surface area contributed by atoms with E-state index >= 15 is 0 Å². The van der Waals surface area contributed by atoms with E-state index in [4.69, 9.17) is 4.84 Å². The summed E-state index contributed by atoms with van der Waals surface area (Å²) in [6.45, 7) is 6.82. The number of hydrogen-bond donors (Lipinski definition) is 0. The molecule has 23 heavy (non-hydrogen) atoms. The van der Waals surface area contributed by atoms with Crippen LogP contribution >= 0.6 is 0 Å². The van der Waals surface area contributed by atoms with Gasteiger partial charge >= 0.3 is 5.97 Å². The molecule has 1 unspecified atom stereocenters. The van der Waals surface area contributed by atoms with Gasteiger partial charge < -0.3 is 9.39 Å². The molecule has 0 saturated carbocycles. The molecule has 2 heterocycles. The Bertz CT molecular complexity index is 563. The molecule has 1 aliphatic heterocycles. The second kappa shape index (κ2) is 7.46. The van der Waals surface area contributed by atoms with Gasteiger partial charge in [0.25, 0.3) is 0 Å². The van der Waals surface area contributed by atoms with Gasteiger partial charge in [-0.2, -0.15) is 0 Å². The van der Waals surface area contributed by atoms with Crippen LogP contribution in [0.1, 0.15) is 50.9 Å². The molecule has 0 amide bonds. The molecule has 0 bridgehead atoms. The van der Waals surface area contributed by atoms with Gasteiger partial charge in [0.05, 0.1) is 11.2 Å². The zero-order chi connectivity index (χ0) is 17.0. The lowest BCUT2D eigenvalue weighted by molar-refractivity contribution is -0.204. The summed E-state index contributed by atoms with van der Waals surface area (Å²) in [6.07, 6.45) is 5.06. The van der Waals surface area contributed by atoms with Crippen molar-refractivity contribution in [2.45, 2.75) is 45.3 Å². The Morgan fingerprint density at radius 3 is 2.39 bits per heavy atom. The molecule has 128 valence electrons. The van der Waals surface area contributed by atoms with Crippen molar-refractivity contribution in [1.82, 2.24) is 15.0 Å². The molecule has 1 saturated heterocycles. The summed E-state index contributed by atoms with van der Waals surface area (Å²) in [4.78, 5) is 25.5. The van der Waals surface area contributed by atoms with Crippen LogP contribution in [0.4, 0.5) is 0 Å². The van der Waals surface area contributed by atoms with Gasteiger partial charge in [-0.15, -0.1) is 5.06 Å². The fourth-order valence-corrected chi connectivity index (χ4v) is 2.65. The Balaban J connectivity index is 1.87. The van der Waals surface area contributed by atoms with Crippen LogP contribution in [-0.2, 0) is 26.5 Å². The van der Waals surface area contributed by atoms with Crippen LogP contribution in [0.2, 0.25) is 0 Å². The topological polar surface area (TPSA) is 95.5 Å². The van der Waals surface area contributed by atoms with Gasteiger partial charge in [0.1, 0.15) is 5.82 Å². The molecule has 8 heteroatoms. The summed E-state index contributed by atoms with van der Waals surface area (Å²) in [5.41, 5.74) is 0.481. The number of hydroxylamine groups is 2. The molecule has 1 atom stereocenters. The predicted molar refractivity (Wildman–Crippen MR) is 83.8 cm³/mol. The van der Waals surface area contributed by atoms with Crippen molar-refractivity contribution in [3.05, 3.63) is 23.8 Å². The van der Waals surface area contributed by atoms with Crippen molar-refractivity contribution < 1.29 is 18.4 Å². The number of hydrogen-bond acceptors (Lipinski definition) is 7. The average molecular weight is 340 g/mol. The minimum Gasteiger partial charge on any atom is -0.772 e. The van der Waals surface area contributed by atoms with E-state index in [-0.39, 0.29) is 11.7 Å². The number of piperidine rings is 1. The first-order valence-electron chi connectivity index (χ1n) is 7.59. The summed E-state index contributed by atoms with van der Waals surface area (Å²) in [6, 6.07) is 0. The molecule has 1 aliphatic rings. The molecule has 1 aromatic heterocycles. The van der Waals surface area contributed by atoms with Gasteiger partial charge in [-0.25, -0.2) is 14.8 Å². The average Bonchev–Trinajstić information content (AvgIpc) is 2.47. The third kappa shape index (κ3) is 5.33. The molecule has 0 radical (unpaired) electrons. The SMILES string of the molecule is CC(C)(C)C(=O)ON1CCC(c2cnc(CS(=O)[O-])nc2)CC1. The molecular formula is C15H22N3O4S-. The normalized spacial score (nSPS) is 18.6. The fourth-order valence-electron chi connectivity index (χ4n) is 2.29. The molecule has 2 rings (SSSR count). The zero-order valence-corrected chi connectivity index (χ0v) is 14.5. The second-order valence-electron chi connectivity index (χ2n) is 6.71. The van der Waals surface area contributed by atoms with Gasteiger partial charge in [0.2, 0.25) is 0 Å². The summed E-state index contributed by atoms with van der Waals surface area (Å²) in [5, 5.41) is 1.71. The summed E-state index contributed by atoms with van der Waals surface area (Å²) >= 11 is -2.18. The van der Waals surface area contributed by atoms with Gasteiger partial charge in [-0.3, -0.25) is 4.21 Å². The smallest absolute Gasteiger partial charge is 0.330 e. The van der Waals surface area contributed by atoms with Crippen LogP contribution in [0.15, 0.2) is 12.4 Å². The molecular weight excluding hydrogens is 318 g/mol. The van der Waals surface area contributed by atoms with Crippen molar-refractivity contribution in [1.29, 1.82) is 0 Å². The van der Waals surface area contributed by atoms with Crippen molar-refractivity contribution >= 4 is 17.0 Å². The first-order valence-corrected chi connectivity index (χ1v) is 8.84. The third-order valence-electron chi connectivity index (χ3n) is 3.72. The largest absolute Gasteiger partial charge is 0.772 e. The Morgan fingerprint density at radius 2 is 1.91 bits per heavy atom. The maximum atomic E-state index is 11.9. The lowest BCUT2D eigenvalue weighted by atomic mass is 9.92. The highest BCUT2D eigenvalue weighted by atomic mass is 32.2. The van der Waals surface area contributed by atoms with E-state index in [0.29, 0.717) is 24.8 Å². The maximum absolute atomic E-state index is 11.9. The van der Waals surface area contributed by atoms with Crippen LogP contribution in [0.25, 0.3) is 0 Å². The molecule has 0 aliphatic carbocycles. The van der Waals surface area contributed by atoms with Crippen LogP contribution < -0.4 is 0 Å². The maximum Gasteiger partial charge on any atom is 0.330 e. The highest BCUT2D eigenvalue weighted by Gasteiger charge is 2.28. The van der Waals surface area contributed by atoms with Crippen molar-refractivity contribution in [2.75, 3.05) is 13.1 Å². The second-order valence-corrected chi connectivity index (χ2v) is 7.61. The highest BCUT2D eigenvalue weighted by Crippen LogP contribution is 2.28. The minimum atomic E-state index is -2.18. The van der Waals surface area contributed by atoms with Crippen LogP contribution in [-0.4, -0.2) is 42.9 Å². The summed E-state index contributed by atoms with van der Waals surface area (Å²) in [5.74, 6) is 0.209. The molecule has 7 nitrogen and oxygen atoms in total. The predicted octanol–water partition coefficient (Wildman–Crippen LogP) is 1.54. The monoisotopic (exact) mass is 340 g/mol. The van der Waals surface area contributed by atoms with Gasteiger partial charge in [-0.1, -0.05) is 0 Å². The lowest BCUT2D eigenvalue weighted by Crippen LogP contribution is -2.38. The number of aromatic nitrogens is 2. The van der Waals surface area contributed by atoms with Crippen molar-refractivity contribution in [3.8, 4) is 0 Å². The van der Waals surface area contributed by atoms with Gasteiger partial charge in [0, 0.05) is 25.5 Å². The van der Waals surface area contributed by atoms with E-state index in [2.05, 4.69) is 9.97 Å². The highest BCUT2D eigenvalue weighted by molar-refractivity contribution is 7.78. The van der Waals surface area contributed by atoms with Gasteiger partial charge in [-0.05, 0) is 56.2 Å². The van der Waals surface area contributed by atoms with Crippen LogP contribution in [0.5, 0.6) is 0 Å². The third-order valence-corrected chi connectivity index (χ3v) is 4.22. The number of rotatable bonds is 4. The van der Waals surface area contributed by atoms with E-state index in [1.807, 2.05) is 20.8 Å². The standard InChI is InChI=1S/C15H23N3O4S/c1-15(2,3)14(19)22-18-6-4-11(5-7-18)12-8-16-13(17-9-12)10-23(20)21/h8-9,11H,4-7,10H2,1-3H3,(H,20,21)/p-1. The Kier molecular flexibility index (Phi) is 5.83. The van der Waals surface area contributed by atoms with Crippen molar-refractivity contribution in [2.24, 2.45) is 5.41 Å². The fraction of sp³-hybridized carbons (Fsp3) is 0.667. The number of nitrogens with zero attached hydrogens (tertiary/aromatic N) is 3. The Labute approximate surface area is 138 Å². The Hall–Kier alpha value is -1.38. The van der Waals surface area contributed by atoms with Crippen LogP contribution in [0, 0.1) is 5.41 Å². The lowest BCUT2D eigenvalue weighted by Gasteiger charge is -2.32. The molecule has 1 fully saturated rings. The van der Waals surface area contributed by atoms with E-state index in [1.54, 1.807) is 17.5 Å². The zero-order valence-electron chi connectivity index (χ0n) is 13.7. The van der Waals surface area contributed by atoms with Crippen molar-refractivity contribution in [3.63, 3.8) is 0 Å². The van der Waals surface area contributed by atoms with Crippen LogP contribution in [0.3, 0.4) is 0 Å².